The van der Waals surface area contributed by atoms with Gasteiger partial charge in [0.1, 0.15) is 5.92 Å². The molecule has 3 nitrogen and oxygen atoms in total. The Bertz CT molecular complexity index is 444. The molecule has 2 aliphatic carbocycles. The van der Waals surface area contributed by atoms with Crippen LogP contribution >= 0.6 is 0 Å². The molecule has 0 radical (unpaired) electrons. The Hall–Kier alpha value is -1.06. The number of aliphatic hydroxyl groups excluding tert-OH is 1. The summed E-state index contributed by atoms with van der Waals surface area (Å²) in [6.07, 6.45) is 3.35. The van der Waals surface area contributed by atoms with Crippen LogP contribution in [0.25, 0.3) is 0 Å². The fraction of sp³-hybridized carbons (Fsp3) is 0.875. The van der Waals surface area contributed by atoms with E-state index in [4.69, 9.17) is 0 Å². The molecule has 104 valence electrons. The minimum atomic E-state index is -0.548. The van der Waals surface area contributed by atoms with Crippen molar-refractivity contribution in [3.63, 3.8) is 0 Å². The average Bonchev–Trinajstić information content (AvgIpc) is 2.62. The lowest BCUT2D eigenvalue weighted by Crippen LogP contribution is -2.53. The Morgan fingerprint density at radius 1 is 1.05 bits per heavy atom. The summed E-state index contributed by atoms with van der Waals surface area (Å²) in [6, 6.07) is 4.41. The number of fused-ring (bicyclic) bond motifs is 1. The maximum absolute atomic E-state index is 10.3. The predicted octanol–water partition coefficient (Wildman–Crippen LogP) is 3.25. The minimum Gasteiger partial charge on any atom is -0.393 e. The van der Waals surface area contributed by atoms with Crippen LogP contribution in [-0.2, 0) is 0 Å². The topological polar surface area (TPSA) is 67.8 Å². The van der Waals surface area contributed by atoms with Crippen molar-refractivity contribution in [2.24, 2.45) is 28.1 Å². The van der Waals surface area contributed by atoms with Gasteiger partial charge in [0.2, 0.25) is 0 Å². The van der Waals surface area contributed by atoms with Crippen LogP contribution in [-0.4, -0.2) is 11.2 Å². The molecular weight excluding hydrogens is 236 g/mol. The van der Waals surface area contributed by atoms with Crippen molar-refractivity contribution in [3.8, 4) is 12.1 Å². The molecule has 0 unspecified atom stereocenters. The number of aliphatic hydroxyl groups is 1. The van der Waals surface area contributed by atoms with E-state index in [0.717, 1.165) is 25.7 Å². The fourth-order valence-corrected chi connectivity index (χ4v) is 4.93. The van der Waals surface area contributed by atoms with Gasteiger partial charge in [-0.2, -0.15) is 10.5 Å². The second-order valence-corrected chi connectivity index (χ2v) is 7.49. The molecule has 3 heteroatoms. The Morgan fingerprint density at radius 3 is 2.16 bits per heavy atom. The van der Waals surface area contributed by atoms with E-state index in [1.807, 2.05) is 0 Å². The number of nitrogens with zero attached hydrogens (tertiary/aromatic N) is 2. The number of hydrogen-bond acceptors (Lipinski definition) is 3. The predicted molar refractivity (Wildman–Crippen MR) is 72.7 cm³/mol. The first-order valence-electron chi connectivity index (χ1n) is 7.21. The van der Waals surface area contributed by atoms with Gasteiger partial charge in [-0.05, 0) is 42.4 Å². The van der Waals surface area contributed by atoms with Crippen molar-refractivity contribution < 1.29 is 5.11 Å². The van der Waals surface area contributed by atoms with Gasteiger partial charge < -0.3 is 5.11 Å². The van der Waals surface area contributed by atoms with E-state index in [0.29, 0.717) is 5.92 Å². The molecule has 19 heavy (non-hydrogen) atoms. The Kier molecular flexibility index (Phi) is 3.19. The number of hydrogen-bond donors (Lipinski definition) is 1. The third kappa shape index (κ3) is 1.65. The Morgan fingerprint density at radius 2 is 1.63 bits per heavy atom. The van der Waals surface area contributed by atoms with Gasteiger partial charge in [-0.3, -0.25) is 0 Å². The van der Waals surface area contributed by atoms with Crippen LogP contribution in [0.3, 0.4) is 0 Å². The Balaban J connectivity index is 2.46. The zero-order valence-corrected chi connectivity index (χ0v) is 12.4. The molecule has 0 aromatic carbocycles. The first kappa shape index (κ1) is 14.4. The molecule has 0 amide bonds. The molecule has 4 atom stereocenters. The number of nitriles is 2. The highest BCUT2D eigenvalue weighted by molar-refractivity contribution is 5.19. The van der Waals surface area contributed by atoms with E-state index in [1.54, 1.807) is 0 Å². The SMILES string of the molecule is CC1(C)[C@H](O)CC[C@@]2(C)[C@@H]1CC[C@]2(C)C(C#N)C#N. The molecular formula is C16H24N2O. The van der Waals surface area contributed by atoms with Crippen LogP contribution < -0.4 is 0 Å². The van der Waals surface area contributed by atoms with Crippen molar-refractivity contribution in [2.45, 2.75) is 59.5 Å². The second kappa shape index (κ2) is 4.22. The average molecular weight is 260 g/mol. The van der Waals surface area contributed by atoms with Crippen LogP contribution in [0.2, 0.25) is 0 Å². The normalized spacial score (nSPS) is 44.4. The first-order valence-corrected chi connectivity index (χ1v) is 7.21. The van der Waals surface area contributed by atoms with Gasteiger partial charge in [0.25, 0.3) is 0 Å². The second-order valence-electron chi connectivity index (χ2n) is 7.49. The molecule has 0 saturated heterocycles. The van der Waals surface area contributed by atoms with Crippen LogP contribution in [0.5, 0.6) is 0 Å². The zero-order valence-electron chi connectivity index (χ0n) is 12.4. The highest BCUT2D eigenvalue weighted by Gasteiger charge is 2.64. The van der Waals surface area contributed by atoms with Crippen molar-refractivity contribution in [1.29, 1.82) is 10.5 Å². The van der Waals surface area contributed by atoms with Gasteiger partial charge in [-0.15, -0.1) is 0 Å². The van der Waals surface area contributed by atoms with Gasteiger partial charge in [-0.1, -0.05) is 27.7 Å². The van der Waals surface area contributed by atoms with Crippen LogP contribution in [0.15, 0.2) is 0 Å². The van der Waals surface area contributed by atoms with Crippen molar-refractivity contribution >= 4 is 0 Å². The largest absolute Gasteiger partial charge is 0.393 e. The summed E-state index contributed by atoms with van der Waals surface area (Å²) in [5.74, 6) is -0.161. The van der Waals surface area contributed by atoms with Crippen molar-refractivity contribution in [1.82, 2.24) is 0 Å². The van der Waals surface area contributed by atoms with Crippen LogP contribution in [0.4, 0.5) is 0 Å². The van der Waals surface area contributed by atoms with Gasteiger partial charge in [0, 0.05) is 5.41 Å². The molecule has 2 rings (SSSR count). The van der Waals surface area contributed by atoms with E-state index in [-0.39, 0.29) is 22.3 Å². The molecule has 0 spiro atoms. The lowest BCUT2D eigenvalue weighted by molar-refractivity contribution is -0.115. The lowest BCUT2D eigenvalue weighted by atomic mass is 9.49. The van der Waals surface area contributed by atoms with Gasteiger partial charge in [0.05, 0.1) is 18.2 Å². The smallest absolute Gasteiger partial charge is 0.139 e. The molecule has 1 N–H and O–H groups in total. The molecule has 0 aliphatic heterocycles. The lowest BCUT2D eigenvalue weighted by Gasteiger charge is -2.55. The van der Waals surface area contributed by atoms with Crippen molar-refractivity contribution in [3.05, 3.63) is 0 Å². The van der Waals surface area contributed by atoms with E-state index in [2.05, 4.69) is 39.8 Å². The van der Waals surface area contributed by atoms with Crippen LogP contribution in [0, 0.1) is 50.7 Å². The summed E-state index contributed by atoms with van der Waals surface area (Å²) in [5, 5.41) is 28.9. The van der Waals surface area contributed by atoms with Gasteiger partial charge in [-0.25, -0.2) is 0 Å². The highest BCUT2D eigenvalue weighted by Crippen LogP contribution is 2.68. The third-order valence-corrected chi connectivity index (χ3v) is 6.62. The first-order chi connectivity index (χ1) is 8.74. The fourth-order valence-electron chi connectivity index (χ4n) is 4.93. The summed E-state index contributed by atoms with van der Waals surface area (Å²) in [6.45, 7) is 8.62. The molecule has 2 saturated carbocycles. The van der Waals surface area contributed by atoms with Crippen LogP contribution in [0.1, 0.15) is 53.4 Å². The number of rotatable bonds is 1. The highest BCUT2D eigenvalue weighted by atomic mass is 16.3. The summed E-state index contributed by atoms with van der Waals surface area (Å²) in [4.78, 5) is 0. The molecule has 0 aromatic rings. The molecule has 0 bridgehead atoms. The molecule has 0 aromatic heterocycles. The maximum Gasteiger partial charge on any atom is 0.139 e. The monoisotopic (exact) mass is 260 g/mol. The summed E-state index contributed by atoms with van der Waals surface area (Å²) >= 11 is 0. The van der Waals surface area contributed by atoms with Crippen molar-refractivity contribution in [2.75, 3.05) is 0 Å². The quantitative estimate of drug-likeness (QED) is 0.786. The van der Waals surface area contributed by atoms with E-state index >= 15 is 0 Å². The third-order valence-electron chi connectivity index (χ3n) is 6.62. The summed E-state index contributed by atoms with van der Waals surface area (Å²) < 4.78 is 0. The minimum absolute atomic E-state index is 0.0220. The summed E-state index contributed by atoms with van der Waals surface area (Å²) in [7, 11) is 0. The van der Waals surface area contributed by atoms with Gasteiger partial charge in [0.15, 0.2) is 0 Å². The molecule has 2 aliphatic rings. The molecule has 2 fully saturated rings. The van der Waals surface area contributed by atoms with E-state index in [1.165, 1.54) is 0 Å². The zero-order chi connectivity index (χ0) is 14.5. The standard InChI is InChI=1S/C16H24N2O/c1-14(2)12-5-7-15(3,11(9-17)10-18)16(12,4)8-6-13(14)19/h11-13,19H,5-8H2,1-4H3/t12-,13-,15-,16+/m1/s1. The molecule has 0 heterocycles. The van der Waals surface area contributed by atoms with Gasteiger partial charge >= 0.3 is 0 Å². The maximum atomic E-state index is 10.3. The Labute approximate surface area is 116 Å². The van der Waals surface area contributed by atoms with E-state index < -0.39 is 5.92 Å². The summed E-state index contributed by atoms with van der Waals surface area (Å²) in [5.41, 5.74) is -0.398. The van der Waals surface area contributed by atoms with E-state index in [9.17, 15) is 15.6 Å².